The lowest BCUT2D eigenvalue weighted by atomic mass is 9.84. The Balaban J connectivity index is 5.90. The van der Waals surface area contributed by atoms with Crippen molar-refractivity contribution in [2.45, 2.75) is 92.9 Å². The zero-order chi connectivity index (χ0) is 23.5. The summed E-state index contributed by atoms with van der Waals surface area (Å²) in [5.74, 6) is 0. The monoisotopic (exact) mass is 498 g/mol. The van der Waals surface area contributed by atoms with E-state index in [2.05, 4.69) is 4.74 Å². The summed E-state index contributed by atoms with van der Waals surface area (Å²) in [5, 5.41) is 0. The second kappa shape index (κ2) is 9.59. The number of hydrogen-bond acceptors (Lipinski definition) is 1. The molecule has 2 atom stereocenters. The van der Waals surface area contributed by atoms with Crippen LogP contribution >= 0.6 is 0 Å². The maximum Gasteiger partial charge on any atom is 0.428 e. The minimum atomic E-state index is -6.09. The minimum absolute atomic E-state index is 0.190. The Bertz CT molecular complexity index is 517. The highest BCUT2D eigenvalue weighted by atomic mass is 28.3. The van der Waals surface area contributed by atoms with E-state index in [9.17, 15) is 39.5 Å². The highest BCUT2D eigenvalue weighted by molar-refractivity contribution is 6.79. The lowest BCUT2D eigenvalue weighted by Gasteiger charge is -2.44. The van der Waals surface area contributed by atoms with Gasteiger partial charge >= 0.3 is 18.5 Å². The maximum atomic E-state index is 15.2. The van der Waals surface area contributed by atoms with Crippen molar-refractivity contribution in [1.82, 2.24) is 0 Å². The van der Waals surface area contributed by atoms with E-state index in [4.69, 9.17) is 0 Å². The van der Waals surface area contributed by atoms with Gasteiger partial charge in [-0.3, -0.25) is 0 Å². The smallest absolute Gasteiger partial charge is 0.308 e. The maximum absolute atomic E-state index is 15.2. The highest BCUT2D eigenvalue weighted by Crippen LogP contribution is 2.51. The van der Waals surface area contributed by atoms with E-state index in [0.29, 0.717) is 12.1 Å². The first-order valence-corrected chi connectivity index (χ1v) is 15.2. The fourth-order valence-electron chi connectivity index (χ4n) is 3.50. The number of alkyl halides is 10. The van der Waals surface area contributed by atoms with Crippen molar-refractivity contribution in [1.29, 1.82) is 0 Å². The Morgan fingerprint density at radius 2 is 1.24 bits per heavy atom. The van der Waals surface area contributed by atoms with Gasteiger partial charge in [0.2, 0.25) is 5.67 Å². The molecule has 29 heavy (non-hydrogen) atoms. The molecule has 0 radical (unpaired) electrons. The van der Waals surface area contributed by atoms with Gasteiger partial charge < -0.3 is 4.74 Å². The molecule has 176 valence electrons. The van der Waals surface area contributed by atoms with Crippen LogP contribution in [0.25, 0.3) is 0 Å². The zero-order valence-corrected chi connectivity index (χ0v) is 22.0. The quantitative estimate of drug-likeness (QED) is 0.299. The normalized spacial score (nSPS) is 19.8. The first-order chi connectivity index (χ1) is 12.7. The number of hydrogen-bond donors (Lipinski definition) is 0. The van der Waals surface area contributed by atoms with Crippen LogP contribution < -0.4 is 0 Å². The molecule has 0 bridgehead atoms. The van der Waals surface area contributed by atoms with E-state index in [1.54, 1.807) is 0 Å². The molecular formula is C15H28F10OSi3. The Morgan fingerprint density at radius 1 is 0.828 bits per heavy atom. The summed E-state index contributed by atoms with van der Waals surface area (Å²) < 4.78 is 137. The summed E-state index contributed by atoms with van der Waals surface area (Å²) in [6, 6.07) is 2.72. The van der Waals surface area contributed by atoms with Crippen molar-refractivity contribution < 1.29 is 48.6 Å². The molecule has 0 fully saturated rings. The van der Waals surface area contributed by atoms with Crippen molar-refractivity contribution in [2.75, 3.05) is 0 Å². The van der Waals surface area contributed by atoms with E-state index in [-0.39, 0.29) is 19.9 Å². The second-order valence-corrected chi connectivity index (χ2v) is 15.3. The molecule has 0 spiro atoms. The molecule has 0 saturated heterocycles. The van der Waals surface area contributed by atoms with Crippen LogP contribution in [0, 0.1) is 0 Å². The van der Waals surface area contributed by atoms with Crippen LogP contribution in [0.2, 0.25) is 36.8 Å². The average molecular weight is 499 g/mol. The molecule has 0 aromatic rings. The summed E-state index contributed by atoms with van der Waals surface area (Å²) in [6.07, 6.45) is -23.6. The largest absolute Gasteiger partial charge is 0.428 e. The van der Waals surface area contributed by atoms with Crippen molar-refractivity contribution in [3.05, 3.63) is 0 Å². The third-order valence-electron chi connectivity index (χ3n) is 5.16. The molecule has 0 aromatic carbocycles. The topological polar surface area (TPSA) is 9.23 Å². The van der Waals surface area contributed by atoms with Gasteiger partial charge in [0.25, 0.3) is 6.17 Å². The molecule has 0 saturated carbocycles. The van der Waals surface area contributed by atoms with E-state index in [1.165, 1.54) is 0 Å². The predicted octanol–water partition coefficient (Wildman–Crippen LogP) is 4.58. The van der Waals surface area contributed by atoms with Crippen LogP contribution in [-0.2, 0) is 4.74 Å². The van der Waals surface area contributed by atoms with Gasteiger partial charge in [-0.05, 0) is 20.3 Å². The van der Waals surface area contributed by atoms with E-state index >= 15 is 4.39 Å². The van der Waals surface area contributed by atoms with Crippen molar-refractivity contribution in [3.63, 3.8) is 0 Å². The van der Waals surface area contributed by atoms with E-state index < -0.39 is 50.4 Å². The van der Waals surface area contributed by atoms with Gasteiger partial charge in [-0.2, -0.15) is 35.1 Å². The predicted molar refractivity (Wildman–Crippen MR) is 101 cm³/mol. The van der Waals surface area contributed by atoms with Crippen molar-refractivity contribution in [3.8, 4) is 0 Å². The van der Waals surface area contributed by atoms with Crippen LogP contribution in [0.3, 0.4) is 0 Å². The summed E-state index contributed by atoms with van der Waals surface area (Å²) in [6.45, 7) is 2.36. The Labute approximate surface area is 170 Å². The molecular weight excluding hydrogens is 470 g/mol. The van der Waals surface area contributed by atoms with Crippen molar-refractivity contribution in [2.24, 2.45) is 0 Å². The van der Waals surface area contributed by atoms with Gasteiger partial charge in [-0.1, -0.05) is 36.8 Å². The second-order valence-electron chi connectivity index (χ2n) is 8.19. The van der Waals surface area contributed by atoms with Gasteiger partial charge in [0.05, 0.1) is 0 Å². The molecule has 0 heterocycles. The van der Waals surface area contributed by atoms with Crippen LogP contribution in [0.15, 0.2) is 0 Å². The molecule has 0 aliphatic carbocycles. The van der Waals surface area contributed by atoms with Crippen LogP contribution in [-0.4, -0.2) is 64.5 Å². The summed E-state index contributed by atoms with van der Waals surface area (Å²) in [7, 11) is -0.692. The van der Waals surface area contributed by atoms with Crippen LogP contribution in [0.4, 0.5) is 43.9 Å². The van der Waals surface area contributed by atoms with E-state index in [1.807, 2.05) is 6.55 Å². The van der Waals surface area contributed by atoms with Crippen molar-refractivity contribution >= 4 is 28.6 Å². The molecule has 0 aromatic heterocycles. The highest BCUT2D eigenvalue weighted by Gasteiger charge is 2.69. The number of halogens is 10. The summed E-state index contributed by atoms with van der Waals surface area (Å²) in [4.78, 5) is 0. The first kappa shape index (κ1) is 28.9. The molecule has 0 amide bonds. The third kappa shape index (κ3) is 7.23. The minimum Gasteiger partial charge on any atom is -0.308 e. The standard InChI is InChI=1S/C15H28F10OSi3/c1-11(2,26-14(21,22)10(16)13(18,19)20)12(17,15(23,24)25)4-7-29(3,8-5-27)9-6-28/h10H,4-9H2,1-3,27-28H3. The molecule has 2 unspecified atom stereocenters. The molecule has 1 nitrogen and oxygen atoms in total. The first-order valence-electron chi connectivity index (χ1n) is 9.23. The molecule has 0 rings (SSSR count). The van der Waals surface area contributed by atoms with Gasteiger partial charge in [0.1, 0.15) is 5.60 Å². The Hall–Kier alpha value is -0.0894. The molecule has 14 heteroatoms. The average Bonchev–Trinajstić information content (AvgIpc) is 2.49. The van der Waals surface area contributed by atoms with Gasteiger partial charge in [0.15, 0.2) is 0 Å². The lowest BCUT2D eigenvalue weighted by Crippen LogP contribution is -2.62. The summed E-state index contributed by atoms with van der Waals surface area (Å²) in [5.41, 5.74) is -7.83. The third-order valence-corrected chi connectivity index (χ3v) is 13.0. The SMILES string of the molecule is CC(C)(OC(F)(F)C(F)C(F)(F)F)C(F)(CC[Si](C)(CC[SiH3])CC[SiH3])C(F)(F)F. The zero-order valence-electron chi connectivity index (χ0n) is 17.0. The fraction of sp³-hybridized carbons (Fsp3) is 1.00. The Kier molecular flexibility index (Phi) is 9.56. The molecule has 0 aliphatic heterocycles. The molecule has 0 aliphatic rings. The van der Waals surface area contributed by atoms with Crippen LogP contribution in [0.1, 0.15) is 20.3 Å². The fourth-order valence-corrected chi connectivity index (χ4v) is 14.9. The van der Waals surface area contributed by atoms with E-state index in [0.717, 1.165) is 32.6 Å². The van der Waals surface area contributed by atoms with Gasteiger partial charge in [-0.25, -0.2) is 8.78 Å². The Morgan fingerprint density at radius 3 is 1.55 bits per heavy atom. The van der Waals surface area contributed by atoms with Gasteiger partial charge in [0, 0.05) is 28.6 Å². The molecule has 0 N–H and O–H groups in total. The van der Waals surface area contributed by atoms with Crippen LogP contribution in [0.5, 0.6) is 0 Å². The summed E-state index contributed by atoms with van der Waals surface area (Å²) >= 11 is 0. The lowest BCUT2D eigenvalue weighted by molar-refractivity contribution is -0.395. The number of rotatable bonds is 11. The number of ether oxygens (including phenoxy) is 1. The van der Waals surface area contributed by atoms with Gasteiger partial charge in [-0.15, -0.1) is 0 Å².